The Morgan fingerprint density at radius 1 is 1.11 bits per heavy atom. The van der Waals surface area contributed by atoms with Crippen LogP contribution in [0.1, 0.15) is 23.5 Å². The number of para-hydroxylation sites is 1. The average Bonchev–Trinajstić information content (AvgIpc) is 3.15. The molecule has 7 heteroatoms. The molecule has 1 aliphatic rings. The highest BCUT2D eigenvalue weighted by Crippen LogP contribution is 2.45. The highest BCUT2D eigenvalue weighted by molar-refractivity contribution is 7.00. The maximum absolute atomic E-state index is 12.3. The van der Waals surface area contributed by atoms with Crippen LogP contribution >= 0.6 is 11.7 Å². The molecule has 27 heavy (non-hydrogen) atoms. The van der Waals surface area contributed by atoms with Crippen LogP contribution in [0.5, 0.6) is 5.75 Å². The Labute approximate surface area is 159 Å². The van der Waals surface area contributed by atoms with Crippen molar-refractivity contribution >= 4 is 45.5 Å². The first kappa shape index (κ1) is 16.1. The van der Waals surface area contributed by atoms with Crippen LogP contribution in [0.4, 0.5) is 5.82 Å². The van der Waals surface area contributed by atoms with Gasteiger partial charge in [0.2, 0.25) is 0 Å². The van der Waals surface area contributed by atoms with Crippen LogP contribution in [0, 0.1) is 0 Å². The normalized spacial score (nSPS) is 16.4. The first-order chi connectivity index (χ1) is 13.1. The zero-order chi connectivity index (χ0) is 18.5. The molecule has 0 saturated carbocycles. The van der Waals surface area contributed by atoms with Crippen molar-refractivity contribution < 1.29 is 9.53 Å². The van der Waals surface area contributed by atoms with Gasteiger partial charge in [-0.3, -0.25) is 4.79 Å². The Hall–Kier alpha value is -3.06. The van der Waals surface area contributed by atoms with Crippen molar-refractivity contribution in [3.8, 4) is 5.75 Å². The number of carbonyl (C=O) groups is 1. The third-order valence-electron chi connectivity index (χ3n) is 4.90. The first-order valence-corrected chi connectivity index (χ1v) is 9.37. The lowest BCUT2D eigenvalue weighted by Crippen LogP contribution is -2.23. The smallest absolute Gasteiger partial charge is 0.312 e. The van der Waals surface area contributed by atoms with Gasteiger partial charge in [0.25, 0.3) is 0 Å². The molecule has 2 aromatic carbocycles. The van der Waals surface area contributed by atoms with Gasteiger partial charge >= 0.3 is 5.97 Å². The van der Waals surface area contributed by atoms with Gasteiger partial charge in [0.1, 0.15) is 22.6 Å². The summed E-state index contributed by atoms with van der Waals surface area (Å²) in [6.45, 7) is 0. The molecule has 134 valence electrons. The fourth-order valence-electron chi connectivity index (χ4n) is 3.71. The summed E-state index contributed by atoms with van der Waals surface area (Å²) in [6.07, 6.45) is 0.254. The van der Waals surface area contributed by atoms with Gasteiger partial charge in [0.15, 0.2) is 0 Å². The maximum Gasteiger partial charge on any atom is 0.312 e. The minimum absolute atomic E-state index is 0.177. The Bertz CT molecular complexity index is 1200. The Kier molecular flexibility index (Phi) is 3.58. The number of rotatable bonds is 2. The van der Waals surface area contributed by atoms with Crippen molar-refractivity contribution in [1.29, 1.82) is 0 Å². The number of fused-ring (bicyclic) bond motifs is 4. The Balaban J connectivity index is 1.81. The Morgan fingerprint density at radius 2 is 1.96 bits per heavy atom. The van der Waals surface area contributed by atoms with Gasteiger partial charge < -0.3 is 9.64 Å². The van der Waals surface area contributed by atoms with E-state index in [-0.39, 0.29) is 18.3 Å². The van der Waals surface area contributed by atoms with E-state index in [1.807, 2.05) is 55.4 Å². The minimum atomic E-state index is -0.243. The third kappa shape index (κ3) is 2.54. The molecule has 0 N–H and O–H groups in total. The molecular weight excluding hydrogens is 360 g/mol. The second kappa shape index (κ2) is 5.99. The van der Waals surface area contributed by atoms with Crippen LogP contribution in [0.2, 0.25) is 0 Å². The number of anilines is 1. The number of ether oxygens (including phenoxy) is 1. The van der Waals surface area contributed by atoms with Gasteiger partial charge in [-0.1, -0.05) is 18.2 Å². The predicted octanol–water partition coefficient (Wildman–Crippen LogP) is 3.75. The number of nitrogens with zero attached hydrogens (tertiary/aromatic N) is 4. The quantitative estimate of drug-likeness (QED) is 0.392. The van der Waals surface area contributed by atoms with E-state index in [1.54, 1.807) is 0 Å². The predicted molar refractivity (Wildman–Crippen MR) is 106 cm³/mol. The van der Waals surface area contributed by atoms with Crippen molar-refractivity contribution in [2.75, 3.05) is 19.0 Å². The molecule has 0 saturated heterocycles. The lowest BCUT2D eigenvalue weighted by Gasteiger charge is -2.28. The number of hydrogen-bond donors (Lipinski definition) is 0. The highest BCUT2D eigenvalue weighted by atomic mass is 32.1. The van der Waals surface area contributed by atoms with Crippen LogP contribution < -0.4 is 9.64 Å². The van der Waals surface area contributed by atoms with Gasteiger partial charge in [-0.05, 0) is 24.3 Å². The molecule has 6 nitrogen and oxygen atoms in total. The van der Waals surface area contributed by atoms with Gasteiger partial charge in [0, 0.05) is 36.5 Å². The summed E-state index contributed by atoms with van der Waals surface area (Å²) in [6, 6.07) is 13.8. The molecule has 5 rings (SSSR count). The fourth-order valence-corrected chi connectivity index (χ4v) is 4.26. The highest BCUT2D eigenvalue weighted by Gasteiger charge is 2.33. The monoisotopic (exact) mass is 376 g/mol. The second-order valence-corrected chi connectivity index (χ2v) is 7.36. The first-order valence-electron chi connectivity index (χ1n) is 8.64. The summed E-state index contributed by atoms with van der Waals surface area (Å²) in [7, 11) is 3.93. The summed E-state index contributed by atoms with van der Waals surface area (Å²) in [5.41, 5.74) is 4.46. The van der Waals surface area contributed by atoms with Gasteiger partial charge in [-0.2, -0.15) is 8.75 Å². The molecule has 0 spiro atoms. The van der Waals surface area contributed by atoms with Crippen molar-refractivity contribution in [3.63, 3.8) is 0 Å². The lowest BCUT2D eigenvalue weighted by atomic mass is 9.85. The molecule has 0 amide bonds. The van der Waals surface area contributed by atoms with Crippen molar-refractivity contribution in [2.45, 2.75) is 12.3 Å². The van der Waals surface area contributed by atoms with Crippen LogP contribution in [0.15, 0.2) is 42.5 Å². The molecule has 0 aliphatic carbocycles. The zero-order valence-corrected chi connectivity index (χ0v) is 15.7. The van der Waals surface area contributed by atoms with Crippen LogP contribution in [0.25, 0.3) is 21.9 Å². The van der Waals surface area contributed by atoms with Gasteiger partial charge in [0.05, 0.1) is 23.7 Å². The lowest BCUT2D eigenvalue weighted by molar-refractivity contribution is -0.135. The number of aromatic nitrogens is 3. The molecule has 1 atom stereocenters. The number of benzene rings is 2. The van der Waals surface area contributed by atoms with E-state index in [1.165, 1.54) is 11.7 Å². The summed E-state index contributed by atoms with van der Waals surface area (Å²) < 4.78 is 14.3. The number of carbonyl (C=O) groups excluding carboxylic acids is 1. The second-order valence-electron chi connectivity index (χ2n) is 6.83. The maximum atomic E-state index is 12.3. The number of hydrogen-bond acceptors (Lipinski definition) is 7. The van der Waals surface area contributed by atoms with E-state index >= 15 is 0 Å². The zero-order valence-electron chi connectivity index (χ0n) is 14.8. The average molecular weight is 376 g/mol. The molecule has 0 unspecified atom stereocenters. The standard InChI is InChI=1S/C20H16N4O2S/c1-24(2)20-13(9-11-5-3-4-6-14(11)21-20)12-10-17(25)26-16-8-7-15-19(18(12)16)23-27-22-15/h3-9,12H,10H2,1-2H3/t12-/m0/s1. The van der Waals surface area contributed by atoms with E-state index in [0.29, 0.717) is 5.75 Å². The molecule has 3 heterocycles. The summed E-state index contributed by atoms with van der Waals surface area (Å²) in [5.74, 6) is 0.991. The van der Waals surface area contributed by atoms with Gasteiger partial charge in [-0.25, -0.2) is 4.98 Å². The summed E-state index contributed by atoms with van der Waals surface area (Å²) in [4.78, 5) is 19.2. The molecule has 0 bridgehead atoms. The van der Waals surface area contributed by atoms with E-state index in [4.69, 9.17) is 9.72 Å². The summed E-state index contributed by atoms with van der Waals surface area (Å²) >= 11 is 1.17. The minimum Gasteiger partial charge on any atom is -0.426 e. The molecule has 2 aromatic heterocycles. The fraction of sp³-hybridized carbons (Fsp3) is 0.200. The molecule has 0 fully saturated rings. The molecule has 0 radical (unpaired) electrons. The summed E-state index contributed by atoms with van der Waals surface area (Å²) in [5, 5.41) is 1.04. The number of esters is 1. The van der Waals surface area contributed by atoms with Gasteiger partial charge in [-0.15, -0.1) is 0 Å². The molecular formula is C20H16N4O2S. The van der Waals surface area contributed by atoms with E-state index in [9.17, 15) is 4.79 Å². The SMILES string of the molecule is CN(C)c1nc2ccccc2cc1[C@@H]1CC(=O)Oc2ccc3nsnc3c21. The van der Waals surface area contributed by atoms with E-state index in [2.05, 4.69) is 14.8 Å². The molecule has 4 aromatic rings. The number of pyridine rings is 1. The largest absolute Gasteiger partial charge is 0.426 e. The van der Waals surface area contributed by atoms with Crippen molar-refractivity contribution in [3.05, 3.63) is 53.6 Å². The van der Waals surface area contributed by atoms with E-state index < -0.39 is 0 Å². The van der Waals surface area contributed by atoms with Crippen LogP contribution in [-0.2, 0) is 4.79 Å². The van der Waals surface area contributed by atoms with Crippen molar-refractivity contribution in [2.24, 2.45) is 0 Å². The van der Waals surface area contributed by atoms with E-state index in [0.717, 1.165) is 38.9 Å². The Morgan fingerprint density at radius 3 is 2.81 bits per heavy atom. The van der Waals surface area contributed by atoms with Crippen molar-refractivity contribution in [1.82, 2.24) is 13.7 Å². The third-order valence-corrected chi connectivity index (χ3v) is 5.44. The topological polar surface area (TPSA) is 68.2 Å². The van der Waals surface area contributed by atoms with Crippen LogP contribution in [0.3, 0.4) is 0 Å². The molecule has 1 aliphatic heterocycles. The van der Waals surface area contributed by atoms with Crippen LogP contribution in [-0.4, -0.2) is 33.8 Å².